The van der Waals surface area contributed by atoms with E-state index >= 15 is 0 Å². The van der Waals surface area contributed by atoms with Gasteiger partial charge in [-0.2, -0.15) is 0 Å². The lowest BCUT2D eigenvalue weighted by Crippen LogP contribution is -2.51. The number of nitrogens with zero attached hydrogens (tertiary/aromatic N) is 2. The van der Waals surface area contributed by atoms with Crippen LogP contribution in [0.1, 0.15) is 91.4 Å². The smallest absolute Gasteiger partial charge is 0.329 e. The highest BCUT2D eigenvalue weighted by atomic mass is 16.7. The molecule has 1 amide bonds. The molecule has 1 heterocycles. The predicted molar refractivity (Wildman–Crippen MR) is 146 cm³/mol. The highest BCUT2D eigenvalue weighted by molar-refractivity contribution is 5.91. The lowest BCUT2D eigenvalue weighted by molar-refractivity contribution is -0.117. The molecular formula is C30H48N4O3. The van der Waals surface area contributed by atoms with Gasteiger partial charge in [0.05, 0.1) is 5.71 Å². The Hall–Kier alpha value is -1.73. The Morgan fingerprint density at radius 3 is 2.73 bits per heavy atom. The van der Waals surface area contributed by atoms with Crippen LogP contribution in [0.5, 0.6) is 0 Å². The van der Waals surface area contributed by atoms with Gasteiger partial charge in [0.2, 0.25) is 0 Å². The molecule has 0 spiro atoms. The molecule has 7 heteroatoms. The highest BCUT2D eigenvalue weighted by Gasteiger charge is 2.59. The molecule has 0 radical (unpaired) electrons. The SMILES string of the molecule is C/C(=N\OC(=O)N(CCN)CCC1CCCN1)[C@H]1CC[C@H]2[C@@H]3CCC4=CC(=O)CC[C@]4(C)[C@H]3CC[C@]12C. The Balaban J connectivity index is 1.23. The third-order valence-electron chi connectivity index (χ3n) is 11.3. The normalized spacial score (nSPS) is 39.5. The molecule has 7 nitrogen and oxygen atoms in total. The van der Waals surface area contributed by atoms with Crippen LogP contribution in [0.2, 0.25) is 0 Å². The number of fused-ring (bicyclic) bond motifs is 5. The maximum absolute atomic E-state index is 12.9. The Labute approximate surface area is 223 Å². The number of amides is 1. The summed E-state index contributed by atoms with van der Waals surface area (Å²) in [5.74, 6) is 2.77. The van der Waals surface area contributed by atoms with E-state index in [9.17, 15) is 9.59 Å². The summed E-state index contributed by atoms with van der Waals surface area (Å²) in [6.45, 7) is 9.60. The van der Waals surface area contributed by atoms with Gasteiger partial charge in [0.25, 0.3) is 0 Å². The average molecular weight is 513 g/mol. The van der Waals surface area contributed by atoms with Crippen LogP contribution in [-0.2, 0) is 9.63 Å². The van der Waals surface area contributed by atoms with Gasteiger partial charge in [-0.3, -0.25) is 9.63 Å². The second kappa shape index (κ2) is 10.8. The summed E-state index contributed by atoms with van der Waals surface area (Å²) >= 11 is 0. The summed E-state index contributed by atoms with van der Waals surface area (Å²) in [6.07, 6.45) is 13.7. The Bertz CT molecular complexity index is 941. The number of carbonyl (C=O) groups is 2. The molecule has 5 aliphatic rings. The van der Waals surface area contributed by atoms with E-state index in [-0.39, 0.29) is 16.9 Å². The zero-order valence-electron chi connectivity index (χ0n) is 23.3. The minimum atomic E-state index is -0.377. The first-order chi connectivity index (χ1) is 17.8. The van der Waals surface area contributed by atoms with Gasteiger partial charge in [-0.1, -0.05) is 24.6 Å². The van der Waals surface area contributed by atoms with Crippen molar-refractivity contribution in [1.29, 1.82) is 0 Å². The van der Waals surface area contributed by atoms with Gasteiger partial charge in [0.15, 0.2) is 5.78 Å². The molecule has 3 saturated carbocycles. The fraction of sp³-hybridized carbons (Fsp3) is 0.833. The lowest BCUT2D eigenvalue weighted by atomic mass is 9.46. The summed E-state index contributed by atoms with van der Waals surface area (Å²) in [5.41, 5.74) is 8.59. The molecule has 4 aliphatic carbocycles. The first kappa shape index (κ1) is 26.9. The van der Waals surface area contributed by atoms with E-state index in [1.807, 2.05) is 6.08 Å². The van der Waals surface area contributed by atoms with Crippen LogP contribution >= 0.6 is 0 Å². The minimum Gasteiger partial charge on any atom is -0.329 e. The predicted octanol–water partition coefficient (Wildman–Crippen LogP) is 5.05. The van der Waals surface area contributed by atoms with Crippen molar-refractivity contribution in [3.05, 3.63) is 11.6 Å². The molecule has 4 fully saturated rings. The van der Waals surface area contributed by atoms with Gasteiger partial charge in [-0.15, -0.1) is 0 Å². The van der Waals surface area contributed by atoms with Crippen LogP contribution in [0, 0.1) is 34.5 Å². The van der Waals surface area contributed by atoms with Crippen molar-refractivity contribution in [2.24, 2.45) is 45.4 Å². The molecule has 7 atom stereocenters. The number of nitrogens with two attached hydrogens (primary N) is 1. The lowest BCUT2D eigenvalue weighted by Gasteiger charge is -2.58. The summed E-state index contributed by atoms with van der Waals surface area (Å²) in [5, 5.41) is 7.93. The molecule has 1 unspecified atom stereocenters. The molecule has 0 bridgehead atoms. The molecule has 0 aromatic heterocycles. The van der Waals surface area contributed by atoms with E-state index in [2.05, 4.69) is 31.2 Å². The van der Waals surface area contributed by atoms with Crippen molar-refractivity contribution in [2.45, 2.75) is 97.4 Å². The minimum absolute atomic E-state index is 0.203. The van der Waals surface area contributed by atoms with Crippen molar-refractivity contribution in [1.82, 2.24) is 10.2 Å². The Morgan fingerprint density at radius 1 is 1.14 bits per heavy atom. The van der Waals surface area contributed by atoms with E-state index in [4.69, 9.17) is 10.6 Å². The number of allylic oxidation sites excluding steroid dienone is 1. The Kier molecular flexibility index (Phi) is 7.84. The number of hydrogen-bond donors (Lipinski definition) is 2. The van der Waals surface area contributed by atoms with Crippen molar-refractivity contribution < 1.29 is 14.4 Å². The fourth-order valence-electron chi connectivity index (χ4n) is 9.24. The third-order valence-corrected chi connectivity index (χ3v) is 11.3. The van der Waals surface area contributed by atoms with E-state index < -0.39 is 0 Å². The van der Waals surface area contributed by atoms with Crippen molar-refractivity contribution in [2.75, 3.05) is 26.2 Å². The molecule has 37 heavy (non-hydrogen) atoms. The number of ketones is 1. The largest absolute Gasteiger partial charge is 0.436 e. The van der Waals surface area contributed by atoms with Gasteiger partial charge in [0.1, 0.15) is 0 Å². The first-order valence-corrected chi connectivity index (χ1v) is 14.9. The van der Waals surface area contributed by atoms with Crippen LogP contribution in [-0.4, -0.2) is 54.7 Å². The molecule has 5 rings (SSSR count). The highest BCUT2D eigenvalue weighted by Crippen LogP contribution is 2.66. The van der Waals surface area contributed by atoms with Gasteiger partial charge < -0.3 is 16.0 Å². The molecule has 0 aromatic carbocycles. The van der Waals surface area contributed by atoms with Gasteiger partial charge in [-0.25, -0.2) is 4.79 Å². The van der Waals surface area contributed by atoms with Crippen LogP contribution in [0.4, 0.5) is 4.79 Å². The van der Waals surface area contributed by atoms with E-state index in [1.54, 1.807) is 4.90 Å². The van der Waals surface area contributed by atoms with E-state index in [0.717, 1.165) is 43.9 Å². The second-order valence-corrected chi connectivity index (χ2v) is 13.1. The number of carbonyl (C=O) groups excluding carboxylic acids is 2. The van der Waals surface area contributed by atoms with Crippen molar-refractivity contribution in [3.63, 3.8) is 0 Å². The van der Waals surface area contributed by atoms with Crippen LogP contribution in [0.25, 0.3) is 0 Å². The Morgan fingerprint density at radius 2 is 1.97 bits per heavy atom. The summed E-state index contributed by atoms with van der Waals surface area (Å²) in [6, 6.07) is 0.478. The third kappa shape index (κ3) is 5.03. The standard InChI is InChI=1S/C30H48N4O3/c1-20(33-37-28(36)34(18-15-31)17-12-22-5-4-16-32-22)25-8-9-26-24-7-6-21-19-23(35)10-13-29(21,2)27(24)11-14-30(25,26)3/h19,22,24-27,32H,4-18,31H2,1-3H3/b33-20+/t22?,24-,25+,26-,27-,29-,30+/m0/s1. The van der Waals surface area contributed by atoms with Crippen LogP contribution < -0.4 is 11.1 Å². The second-order valence-electron chi connectivity index (χ2n) is 13.1. The fourth-order valence-corrected chi connectivity index (χ4v) is 9.24. The number of nitrogens with one attached hydrogen (secondary N) is 1. The molecule has 0 aromatic rings. The topological polar surface area (TPSA) is 97.0 Å². The van der Waals surface area contributed by atoms with E-state index in [0.29, 0.717) is 55.6 Å². The molecule has 206 valence electrons. The summed E-state index contributed by atoms with van der Waals surface area (Å²) in [4.78, 5) is 32.3. The molecule has 3 N–H and O–H groups in total. The van der Waals surface area contributed by atoms with E-state index in [1.165, 1.54) is 44.1 Å². The maximum atomic E-state index is 12.9. The zero-order valence-corrected chi connectivity index (χ0v) is 23.3. The summed E-state index contributed by atoms with van der Waals surface area (Å²) in [7, 11) is 0. The maximum Gasteiger partial charge on any atom is 0.436 e. The zero-order chi connectivity index (χ0) is 26.2. The van der Waals surface area contributed by atoms with Gasteiger partial charge >= 0.3 is 6.09 Å². The average Bonchev–Trinajstić information content (AvgIpc) is 3.52. The number of hydrogen-bond acceptors (Lipinski definition) is 6. The number of rotatable bonds is 7. The molecule has 1 saturated heterocycles. The monoisotopic (exact) mass is 512 g/mol. The van der Waals surface area contributed by atoms with Gasteiger partial charge in [0, 0.05) is 38.0 Å². The van der Waals surface area contributed by atoms with Crippen LogP contribution in [0.3, 0.4) is 0 Å². The van der Waals surface area contributed by atoms with Gasteiger partial charge in [-0.05, 0) is 112 Å². The molecular weight excluding hydrogens is 464 g/mol. The quantitative estimate of drug-likeness (QED) is 0.283. The van der Waals surface area contributed by atoms with Crippen molar-refractivity contribution >= 4 is 17.6 Å². The van der Waals surface area contributed by atoms with Crippen LogP contribution in [0.15, 0.2) is 16.8 Å². The summed E-state index contributed by atoms with van der Waals surface area (Å²) < 4.78 is 0. The number of oxime groups is 1. The first-order valence-electron chi connectivity index (χ1n) is 14.9. The van der Waals surface area contributed by atoms with Crippen molar-refractivity contribution in [3.8, 4) is 0 Å². The molecule has 1 aliphatic heterocycles.